The Morgan fingerprint density at radius 1 is 1.32 bits per heavy atom. The van der Waals surface area contributed by atoms with Crippen LogP contribution in [-0.4, -0.2) is 18.1 Å². The lowest BCUT2D eigenvalue weighted by Crippen LogP contribution is -2.44. The van der Waals surface area contributed by atoms with Crippen molar-refractivity contribution in [1.82, 2.24) is 5.32 Å². The predicted molar refractivity (Wildman–Crippen MR) is 85.5 cm³/mol. The van der Waals surface area contributed by atoms with Gasteiger partial charge in [0.15, 0.2) is 6.23 Å². The molecule has 6 heteroatoms. The molecule has 0 aromatic heterocycles. The van der Waals surface area contributed by atoms with Crippen LogP contribution in [0.5, 0.6) is 0 Å². The van der Waals surface area contributed by atoms with E-state index in [9.17, 15) is 9.59 Å². The third-order valence-electron chi connectivity index (χ3n) is 3.90. The van der Waals surface area contributed by atoms with E-state index in [1.54, 1.807) is 12.1 Å². The van der Waals surface area contributed by atoms with Crippen LogP contribution in [0, 0.1) is 5.92 Å². The molecule has 1 amide bonds. The Bertz CT molecular complexity index is 556. The second-order valence-corrected chi connectivity index (χ2v) is 6.07. The monoisotopic (exact) mass is 324 g/mol. The highest BCUT2D eigenvalue weighted by Crippen LogP contribution is 2.27. The highest BCUT2D eigenvalue weighted by molar-refractivity contribution is 6.31. The standard InChI is InChI=1S/C16H21ClN2O3/c1-10(20)22-16(11-5-3-2-4-6-11)19-15(21)13-8-7-12(17)9-14(13)18/h7-9,11,16H,2-6,18H2,1H3,(H,19,21). The van der Waals surface area contributed by atoms with E-state index >= 15 is 0 Å². The molecule has 0 bridgehead atoms. The number of nitrogens with one attached hydrogen (secondary N) is 1. The van der Waals surface area contributed by atoms with Gasteiger partial charge in [0.2, 0.25) is 0 Å². The predicted octanol–water partition coefficient (Wildman–Crippen LogP) is 3.12. The molecule has 1 aromatic rings. The number of esters is 1. The summed E-state index contributed by atoms with van der Waals surface area (Å²) in [5, 5.41) is 3.26. The Balaban J connectivity index is 2.11. The number of hydrogen-bond acceptors (Lipinski definition) is 4. The number of carbonyl (C=O) groups is 2. The molecule has 1 aliphatic rings. The molecule has 1 fully saturated rings. The number of rotatable bonds is 4. The number of anilines is 1. The van der Waals surface area contributed by atoms with Crippen LogP contribution in [-0.2, 0) is 9.53 Å². The molecular weight excluding hydrogens is 304 g/mol. The van der Waals surface area contributed by atoms with E-state index in [2.05, 4.69) is 5.32 Å². The van der Waals surface area contributed by atoms with Crippen molar-refractivity contribution in [2.24, 2.45) is 5.92 Å². The summed E-state index contributed by atoms with van der Waals surface area (Å²) < 4.78 is 5.31. The van der Waals surface area contributed by atoms with Gasteiger partial charge < -0.3 is 15.8 Å². The van der Waals surface area contributed by atoms with Crippen molar-refractivity contribution in [2.45, 2.75) is 45.3 Å². The lowest BCUT2D eigenvalue weighted by molar-refractivity contribution is -0.151. The number of ether oxygens (including phenoxy) is 1. The molecule has 22 heavy (non-hydrogen) atoms. The van der Waals surface area contributed by atoms with Gasteiger partial charge in [-0.3, -0.25) is 9.59 Å². The van der Waals surface area contributed by atoms with Crippen molar-refractivity contribution in [3.8, 4) is 0 Å². The fourth-order valence-electron chi connectivity index (χ4n) is 2.81. The summed E-state index contributed by atoms with van der Waals surface area (Å²) in [6, 6.07) is 4.70. The second kappa shape index (κ2) is 7.49. The van der Waals surface area contributed by atoms with Crippen LogP contribution in [0.15, 0.2) is 18.2 Å². The Hall–Kier alpha value is -1.75. The van der Waals surface area contributed by atoms with Crippen molar-refractivity contribution in [2.75, 3.05) is 5.73 Å². The molecule has 1 aliphatic carbocycles. The summed E-state index contributed by atoms with van der Waals surface area (Å²) in [7, 11) is 0. The normalized spacial score (nSPS) is 16.8. The quantitative estimate of drug-likeness (QED) is 0.506. The van der Waals surface area contributed by atoms with Crippen molar-refractivity contribution >= 4 is 29.2 Å². The molecule has 0 heterocycles. The van der Waals surface area contributed by atoms with Crippen LogP contribution in [0.4, 0.5) is 5.69 Å². The molecular formula is C16H21ClN2O3. The van der Waals surface area contributed by atoms with E-state index < -0.39 is 12.2 Å². The first kappa shape index (κ1) is 16.6. The number of amides is 1. The Kier molecular flexibility index (Phi) is 5.66. The largest absolute Gasteiger partial charge is 0.442 e. The van der Waals surface area contributed by atoms with Crippen molar-refractivity contribution in [3.05, 3.63) is 28.8 Å². The Morgan fingerprint density at radius 3 is 2.59 bits per heavy atom. The maximum atomic E-state index is 12.4. The fourth-order valence-corrected chi connectivity index (χ4v) is 2.99. The summed E-state index contributed by atoms with van der Waals surface area (Å²) in [6.07, 6.45) is 4.62. The lowest BCUT2D eigenvalue weighted by Gasteiger charge is -2.30. The van der Waals surface area contributed by atoms with E-state index in [0.717, 1.165) is 25.7 Å². The molecule has 0 spiro atoms. The van der Waals surface area contributed by atoms with Crippen LogP contribution in [0.2, 0.25) is 5.02 Å². The zero-order valence-electron chi connectivity index (χ0n) is 12.6. The van der Waals surface area contributed by atoms with Crippen LogP contribution < -0.4 is 11.1 Å². The first-order chi connectivity index (χ1) is 10.5. The van der Waals surface area contributed by atoms with E-state index in [1.807, 2.05) is 0 Å². The van der Waals surface area contributed by atoms with Crippen LogP contribution in [0.1, 0.15) is 49.4 Å². The Labute approximate surface area is 135 Å². The highest BCUT2D eigenvalue weighted by Gasteiger charge is 2.28. The maximum absolute atomic E-state index is 12.4. The van der Waals surface area contributed by atoms with Gasteiger partial charge in [-0.05, 0) is 31.0 Å². The van der Waals surface area contributed by atoms with E-state index in [4.69, 9.17) is 22.1 Å². The van der Waals surface area contributed by atoms with Gasteiger partial charge in [0, 0.05) is 23.6 Å². The average Bonchev–Trinajstić information content (AvgIpc) is 2.46. The fraction of sp³-hybridized carbons (Fsp3) is 0.500. The summed E-state index contributed by atoms with van der Waals surface area (Å²) in [5.74, 6) is -0.610. The number of nitrogens with two attached hydrogens (primary N) is 1. The van der Waals surface area contributed by atoms with Gasteiger partial charge in [-0.15, -0.1) is 0 Å². The van der Waals surface area contributed by atoms with Gasteiger partial charge in [-0.25, -0.2) is 0 Å². The smallest absolute Gasteiger partial charge is 0.304 e. The average molecular weight is 325 g/mol. The number of benzene rings is 1. The topological polar surface area (TPSA) is 81.4 Å². The number of carbonyl (C=O) groups excluding carboxylic acids is 2. The lowest BCUT2D eigenvalue weighted by atomic mass is 9.88. The molecule has 1 aromatic carbocycles. The molecule has 0 radical (unpaired) electrons. The minimum absolute atomic E-state index is 0.148. The minimum Gasteiger partial charge on any atom is -0.442 e. The summed E-state index contributed by atoms with van der Waals surface area (Å²) in [6.45, 7) is 1.35. The second-order valence-electron chi connectivity index (χ2n) is 5.63. The maximum Gasteiger partial charge on any atom is 0.304 e. The van der Waals surface area contributed by atoms with E-state index in [1.165, 1.54) is 19.4 Å². The highest BCUT2D eigenvalue weighted by atomic mass is 35.5. The molecule has 120 valence electrons. The summed E-state index contributed by atoms with van der Waals surface area (Å²) in [4.78, 5) is 23.7. The first-order valence-electron chi connectivity index (χ1n) is 7.50. The molecule has 1 atom stereocenters. The van der Waals surface area contributed by atoms with Crippen LogP contribution >= 0.6 is 11.6 Å². The third-order valence-corrected chi connectivity index (χ3v) is 4.14. The van der Waals surface area contributed by atoms with E-state index in [0.29, 0.717) is 16.3 Å². The molecule has 1 saturated carbocycles. The summed E-state index contributed by atoms with van der Waals surface area (Å²) >= 11 is 5.84. The Morgan fingerprint density at radius 2 is 2.00 bits per heavy atom. The van der Waals surface area contributed by atoms with Crippen molar-refractivity contribution < 1.29 is 14.3 Å². The van der Waals surface area contributed by atoms with Gasteiger partial charge in [0.05, 0.1) is 5.56 Å². The van der Waals surface area contributed by atoms with Crippen LogP contribution in [0.25, 0.3) is 0 Å². The zero-order chi connectivity index (χ0) is 16.1. The zero-order valence-corrected chi connectivity index (χ0v) is 13.4. The third kappa shape index (κ3) is 4.37. The first-order valence-corrected chi connectivity index (χ1v) is 7.88. The van der Waals surface area contributed by atoms with Gasteiger partial charge in [0.1, 0.15) is 0 Å². The van der Waals surface area contributed by atoms with Crippen LogP contribution in [0.3, 0.4) is 0 Å². The number of halogens is 1. The molecule has 3 N–H and O–H groups in total. The van der Waals surface area contributed by atoms with Crippen molar-refractivity contribution in [1.29, 1.82) is 0 Å². The minimum atomic E-state index is -0.611. The number of hydrogen-bond donors (Lipinski definition) is 2. The molecule has 0 saturated heterocycles. The van der Waals surface area contributed by atoms with Gasteiger partial charge in [-0.1, -0.05) is 30.9 Å². The molecule has 2 rings (SSSR count). The number of nitrogen functional groups attached to an aromatic ring is 1. The van der Waals surface area contributed by atoms with Crippen molar-refractivity contribution in [3.63, 3.8) is 0 Å². The molecule has 1 unspecified atom stereocenters. The van der Waals surface area contributed by atoms with Gasteiger partial charge >= 0.3 is 5.97 Å². The molecule has 5 nitrogen and oxygen atoms in total. The SMILES string of the molecule is CC(=O)OC(NC(=O)c1ccc(Cl)cc1N)C1CCCCC1. The molecule has 0 aliphatic heterocycles. The van der Waals surface area contributed by atoms with E-state index in [-0.39, 0.29) is 11.8 Å². The van der Waals surface area contributed by atoms with Gasteiger partial charge in [-0.2, -0.15) is 0 Å². The summed E-state index contributed by atoms with van der Waals surface area (Å²) in [5.41, 5.74) is 6.46. The van der Waals surface area contributed by atoms with Gasteiger partial charge in [0.25, 0.3) is 5.91 Å².